The van der Waals surface area contributed by atoms with Crippen LogP contribution in [0.4, 0.5) is 10.1 Å². The van der Waals surface area contributed by atoms with Gasteiger partial charge in [0, 0.05) is 23.9 Å². The Bertz CT molecular complexity index is 1970. The van der Waals surface area contributed by atoms with Crippen molar-refractivity contribution in [3.63, 3.8) is 0 Å². The minimum Gasteiger partial charge on any atom is -0.336 e. The summed E-state index contributed by atoms with van der Waals surface area (Å²) in [5, 5.41) is 10.3. The highest BCUT2D eigenvalue weighted by molar-refractivity contribution is 7.17. The van der Waals surface area contributed by atoms with Crippen LogP contribution < -0.4 is 5.32 Å². The molecule has 6 aromatic heterocycles. The highest BCUT2D eigenvalue weighted by Crippen LogP contribution is 2.36. The van der Waals surface area contributed by atoms with Gasteiger partial charge in [-0.2, -0.15) is 5.10 Å². The lowest BCUT2D eigenvalue weighted by Crippen LogP contribution is -2.20. The number of H-pyrrole nitrogens is 2. The number of aromatic amines is 2. The number of hydrogen-bond acceptors (Lipinski definition) is 8. The molecular formula is C29H23FN8O2S. The highest BCUT2D eigenvalue weighted by atomic mass is 32.1. The van der Waals surface area contributed by atoms with Crippen molar-refractivity contribution in [2.75, 3.05) is 5.32 Å². The van der Waals surface area contributed by atoms with Crippen molar-refractivity contribution >= 4 is 50.7 Å². The Labute approximate surface area is 236 Å². The summed E-state index contributed by atoms with van der Waals surface area (Å²) in [7, 11) is 0. The molecule has 1 fully saturated rings. The molecule has 0 unspecified atom stereocenters. The lowest BCUT2D eigenvalue weighted by Gasteiger charge is -2.11. The predicted octanol–water partition coefficient (Wildman–Crippen LogP) is 6.16. The average Bonchev–Trinajstić information content (AvgIpc) is 3.78. The fourth-order valence-electron chi connectivity index (χ4n) is 5.30. The van der Waals surface area contributed by atoms with Crippen LogP contribution in [-0.4, -0.2) is 46.8 Å². The number of anilines is 1. The summed E-state index contributed by atoms with van der Waals surface area (Å²) in [6.07, 6.45) is 10.1. The van der Waals surface area contributed by atoms with Gasteiger partial charge >= 0.3 is 0 Å². The number of carbonyl (C=O) groups excluding carboxylic acids is 2. The smallest absolute Gasteiger partial charge is 0.227 e. The second kappa shape index (κ2) is 9.97. The van der Waals surface area contributed by atoms with E-state index in [0.717, 1.165) is 30.6 Å². The van der Waals surface area contributed by atoms with E-state index in [1.54, 1.807) is 30.6 Å². The number of pyridine rings is 3. The Kier molecular flexibility index (Phi) is 6.11. The van der Waals surface area contributed by atoms with Crippen molar-refractivity contribution in [1.82, 2.24) is 35.1 Å². The number of hydrogen-bond donors (Lipinski definition) is 3. The van der Waals surface area contributed by atoms with E-state index in [9.17, 15) is 9.59 Å². The zero-order chi connectivity index (χ0) is 28.1. The fourth-order valence-corrected chi connectivity index (χ4v) is 6.20. The first-order valence-corrected chi connectivity index (χ1v) is 14.0. The van der Waals surface area contributed by atoms with E-state index in [-0.39, 0.29) is 34.4 Å². The van der Waals surface area contributed by atoms with Crippen molar-refractivity contribution in [3.05, 3.63) is 59.7 Å². The Morgan fingerprint density at radius 2 is 1.88 bits per heavy atom. The van der Waals surface area contributed by atoms with Crippen molar-refractivity contribution < 1.29 is 14.0 Å². The number of carbonyl (C=O) groups is 2. The van der Waals surface area contributed by atoms with Crippen LogP contribution in [0.1, 0.15) is 42.3 Å². The molecule has 204 valence electrons. The van der Waals surface area contributed by atoms with Crippen molar-refractivity contribution in [2.24, 2.45) is 5.92 Å². The number of thiophene rings is 1. The Morgan fingerprint density at radius 3 is 2.68 bits per heavy atom. The van der Waals surface area contributed by atoms with Gasteiger partial charge in [0.1, 0.15) is 22.6 Å². The second-order valence-corrected chi connectivity index (χ2v) is 11.2. The lowest BCUT2D eigenvalue weighted by molar-refractivity contribution is -0.119. The van der Waals surface area contributed by atoms with Gasteiger partial charge in [-0.25, -0.2) is 9.37 Å². The monoisotopic (exact) mass is 566 g/mol. The van der Waals surface area contributed by atoms with Crippen LogP contribution in [0.3, 0.4) is 0 Å². The van der Waals surface area contributed by atoms with Gasteiger partial charge in [-0.05, 0) is 44.0 Å². The maximum absolute atomic E-state index is 16.1. The standard InChI is InChI=1S/C29H23FN8O2S/c1-14(39)20-6-7-21(41-20)26-25-18(8-9-32-26)35-28(36-25)27-22-19(37-38-27)13-33-24(23(22)30)16-10-17(12-31-11-16)34-29(40)15-4-2-3-5-15/h6-13,15H,2-5H2,1H3,(H,34,40)(H,35,36)(H,37,38). The zero-order valence-corrected chi connectivity index (χ0v) is 22.7. The quantitative estimate of drug-likeness (QED) is 0.205. The number of halogens is 1. The Morgan fingerprint density at radius 1 is 1.02 bits per heavy atom. The first-order valence-electron chi connectivity index (χ1n) is 13.2. The number of rotatable bonds is 6. The van der Waals surface area contributed by atoms with E-state index >= 15 is 4.39 Å². The zero-order valence-electron chi connectivity index (χ0n) is 21.9. The van der Waals surface area contributed by atoms with Gasteiger partial charge in [-0.3, -0.25) is 29.6 Å². The van der Waals surface area contributed by atoms with E-state index in [4.69, 9.17) is 4.98 Å². The van der Waals surface area contributed by atoms with E-state index < -0.39 is 5.82 Å². The van der Waals surface area contributed by atoms with Crippen molar-refractivity contribution in [2.45, 2.75) is 32.6 Å². The minimum absolute atomic E-state index is 0.00566. The second-order valence-electron chi connectivity index (χ2n) is 10.1. The van der Waals surface area contributed by atoms with E-state index in [1.165, 1.54) is 30.7 Å². The normalized spacial score (nSPS) is 13.8. The summed E-state index contributed by atoms with van der Waals surface area (Å²) in [6.45, 7) is 1.52. The summed E-state index contributed by atoms with van der Waals surface area (Å²) < 4.78 is 16.1. The van der Waals surface area contributed by atoms with Gasteiger partial charge in [0.25, 0.3) is 0 Å². The third-order valence-electron chi connectivity index (χ3n) is 7.36. The number of nitrogens with zero attached hydrogens (tertiary/aromatic N) is 5. The molecule has 0 aliphatic heterocycles. The van der Waals surface area contributed by atoms with Crippen molar-refractivity contribution in [3.8, 4) is 33.3 Å². The molecule has 0 aromatic carbocycles. The van der Waals surface area contributed by atoms with Crippen LogP contribution in [-0.2, 0) is 4.79 Å². The number of ketones is 1. The van der Waals surface area contributed by atoms with E-state index in [1.807, 2.05) is 6.07 Å². The largest absolute Gasteiger partial charge is 0.336 e. The van der Waals surface area contributed by atoms with Gasteiger partial charge in [0.2, 0.25) is 5.91 Å². The number of amides is 1. The number of Topliss-reactive ketones (excluding diaryl/α,β-unsaturated/α-hetero) is 1. The van der Waals surface area contributed by atoms with Crippen LogP contribution in [0.15, 0.2) is 49.1 Å². The molecule has 1 saturated carbocycles. The molecule has 0 radical (unpaired) electrons. The first kappa shape index (κ1) is 25.1. The number of nitrogens with one attached hydrogen (secondary N) is 3. The third-order valence-corrected chi connectivity index (χ3v) is 8.55. The molecule has 6 aromatic rings. The fraction of sp³-hybridized carbons (Fsp3) is 0.207. The van der Waals surface area contributed by atoms with Crippen LogP contribution in [0, 0.1) is 11.7 Å². The Balaban J connectivity index is 1.27. The lowest BCUT2D eigenvalue weighted by atomic mass is 10.1. The van der Waals surface area contributed by atoms with Gasteiger partial charge in [-0.1, -0.05) is 12.8 Å². The van der Waals surface area contributed by atoms with Crippen molar-refractivity contribution in [1.29, 1.82) is 0 Å². The van der Waals surface area contributed by atoms with Gasteiger partial charge in [0.05, 0.1) is 44.3 Å². The minimum atomic E-state index is -0.588. The van der Waals surface area contributed by atoms with Gasteiger partial charge in [0.15, 0.2) is 17.4 Å². The first-order chi connectivity index (χ1) is 20.0. The molecule has 0 spiro atoms. The summed E-state index contributed by atoms with van der Waals surface area (Å²) in [6, 6.07) is 7.07. The molecule has 1 amide bonds. The topological polar surface area (TPSA) is 142 Å². The van der Waals surface area contributed by atoms with E-state index in [0.29, 0.717) is 44.2 Å². The number of imidazole rings is 1. The summed E-state index contributed by atoms with van der Waals surface area (Å²) in [5.74, 6) is -0.294. The molecule has 3 N–H and O–H groups in total. The molecule has 0 atom stereocenters. The molecule has 1 aliphatic rings. The molecule has 1 aliphatic carbocycles. The third kappa shape index (κ3) is 4.45. The summed E-state index contributed by atoms with van der Waals surface area (Å²) in [4.78, 5) is 46.9. The molecule has 0 bridgehead atoms. The molecule has 12 heteroatoms. The SMILES string of the molecule is CC(=O)c1ccc(-c2nccc3[nH]c(-c4n[nH]c5cnc(-c6cncc(NC(=O)C7CCCC7)c6)c(F)c45)nc23)s1. The molecule has 6 heterocycles. The molecular weight excluding hydrogens is 543 g/mol. The molecule has 10 nitrogen and oxygen atoms in total. The van der Waals surface area contributed by atoms with Gasteiger partial charge < -0.3 is 10.3 Å². The molecule has 0 saturated heterocycles. The van der Waals surface area contributed by atoms with E-state index in [2.05, 4.69) is 35.5 Å². The summed E-state index contributed by atoms with van der Waals surface area (Å²) >= 11 is 1.34. The number of fused-ring (bicyclic) bond motifs is 2. The number of aromatic nitrogens is 7. The highest BCUT2D eigenvalue weighted by Gasteiger charge is 2.24. The average molecular weight is 567 g/mol. The molecule has 41 heavy (non-hydrogen) atoms. The van der Waals surface area contributed by atoms with Crippen LogP contribution >= 0.6 is 11.3 Å². The van der Waals surface area contributed by atoms with Crippen LogP contribution in [0.25, 0.3) is 55.3 Å². The predicted molar refractivity (Wildman–Crippen MR) is 154 cm³/mol. The maximum atomic E-state index is 16.1. The van der Waals surface area contributed by atoms with Gasteiger partial charge in [-0.15, -0.1) is 11.3 Å². The van der Waals surface area contributed by atoms with Crippen LogP contribution in [0.5, 0.6) is 0 Å². The summed E-state index contributed by atoms with van der Waals surface area (Å²) in [5.41, 5.74) is 3.60. The van der Waals surface area contributed by atoms with Crippen LogP contribution in [0.2, 0.25) is 0 Å². The maximum Gasteiger partial charge on any atom is 0.227 e. The molecule has 7 rings (SSSR count). The Hall–Kier alpha value is -4.84.